The van der Waals surface area contributed by atoms with Gasteiger partial charge < -0.3 is 15.7 Å². The van der Waals surface area contributed by atoms with E-state index < -0.39 is 5.97 Å². The van der Waals surface area contributed by atoms with Crippen molar-refractivity contribution in [3.8, 4) is 0 Å². The van der Waals surface area contributed by atoms with Crippen molar-refractivity contribution in [1.29, 1.82) is 0 Å². The van der Waals surface area contributed by atoms with Crippen LogP contribution in [0.5, 0.6) is 0 Å². The summed E-state index contributed by atoms with van der Waals surface area (Å²) >= 11 is 3.36. The maximum Gasteiger partial charge on any atom is 0.303 e. The fourth-order valence-electron chi connectivity index (χ4n) is 2.26. The normalized spacial score (nSPS) is 11.6. The third-order valence-electron chi connectivity index (χ3n) is 3.43. The lowest BCUT2D eigenvalue weighted by Gasteiger charge is -2.18. The van der Waals surface area contributed by atoms with Crippen LogP contribution >= 0.6 is 15.9 Å². The summed E-state index contributed by atoms with van der Waals surface area (Å²) in [5.41, 5.74) is 0.866. The van der Waals surface area contributed by atoms with E-state index in [0.29, 0.717) is 13.0 Å². The van der Waals surface area contributed by atoms with Crippen LogP contribution in [0.3, 0.4) is 0 Å². The second-order valence-electron chi connectivity index (χ2n) is 5.56. The Hall–Kier alpha value is -1.89. The first-order valence-electron chi connectivity index (χ1n) is 7.89. The second kappa shape index (κ2) is 10.8. The highest BCUT2D eigenvalue weighted by molar-refractivity contribution is 9.10. The molecule has 0 aliphatic heterocycles. The minimum Gasteiger partial charge on any atom is -0.481 e. The lowest BCUT2D eigenvalue weighted by atomic mass is 10.0. The van der Waals surface area contributed by atoms with Gasteiger partial charge in [-0.1, -0.05) is 34.5 Å². The summed E-state index contributed by atoms with van der Waals surface area (Å²) in [4.78, 5) is 33.8. The Morgan fingerprint density at radius 3 is 2.38 bits per heavy atom. The number of unbranched alkanes of at least 4 members (excludes halogenated alkanes) is 2. The zero-order valence-electron chi connectivity index (χ0n) is 13.7. The molecule has 0 aliphatic rings. The second-order valence-corrected chi connectivity index (χ2v) is 6.48. The highest BCUT2D eigenvalue weighted by atomic mass is 79.9. The minimum absolute atomic E-state index is 0.144. The van der Waals surface area contributed by atoms with Crippen molar-refractivity contribution in [3.63, 3.8) is 0 Å². The van der Waals surface area contributed by atoms with Crippen LogP contribution in [0, 0.1) is 0 Å². The standard InChI is InChI=1S/C17H23BrN2O4/c1-12(21)20-15(13-6-8-14(18)9-7-13)11-16(22)19-10-4-2-3-5-17(23)24/h6-9,15H,2-5,10-11H2,1H3,(H,19,22)(H,20,21)(H,23,24). The van der Waals surface area contributed by atoms with Gasteiger partial charge in [0, 0.05) is 24.4 Å². The molecule has 0 saturated heterocycles. The topological polar surface area (TPSA) is 95.5 Å². The summed E-state index contributed by atoms with van der Waals surface area (Å²) < 4.78 is 0.929. The zero-order valence-corrected chi connectivity index (χ0v) is 15.3. The van der Waals surface area contributed by atoms with Gasteiger partial charge >= 0.3 is 5.97 Å². The average molecular weight is 399 g/mol. The van der Waals surface area contributed by atoms with Gasteiger partial charge in [-0.2, -0.15) is 0 Å². The van der Waals surface area contributed by atoms with Crippen molar-refractivity contribution in [1.82, 2.24) is 10.6 Å². The molecule has 1 aromatic carbocycles. The van der Waals surface area contributed by atoms with Crippen LogP contribution in [0.1, 0.15) is 50.6 Å². The number of carboxylic acid groups (broad SMARTS) is 1. The molecular formula is C17H23BrN2O4. The molecule has 0 heterocycles. The van der Waals surface area contributed by atoms with Gasteiger partial charge in [-0.15, -0.1) is 0 Å². The Labute approximate surface area is 150 Å². The van der Waals surface area contributed by atoms with Gasteiger partial charge in [0.25, 0.3) is 0 Å². The first kappa shape index (κ1) is 20.2. The van der Waals surface area contributed by atoms with Crippen LogP contribution in [-0.2, 0) is 14.4 Å². The van der Waals surface area contributed by atoms with Crippen LogP contribution in [-0.4, -0.2) is 29.4 Å². The molecule has 0 aliphatic carbocycles. The predicted molar refractivity (Wildman–Crippen MR) is 94.4 cm³/mol. The van der Waals surface area contributed by atoms with E-state index in [1.54, 1.807) is 0 Å². The lowest BCUT2D eigenvalue weighted by molar-refractivity contribution is -0.137. The first-order valence-corrected chi connectivity index (χ1v) is 8.69. The molecule has 24 heavy (non-hydrogen) atoms. The van der Waals surface area contributed by atoms with Crippen LogP contribution in [0.4, 0.5) is 0 Å². The van der Waals surface area contributed by atoms with Gasteiger partial charge in [0.15, 0.2) is 0 Å². The van der Waals surface area contributed by atoms with Gasteiger partial charge in [-0.25, -0.2) is 0 Å². The largest absolute Gasteiger partial charge is 0.481 e. The number of nitrogens with one attached hydrogen (secondary N) is 2. The monoisotopic (exact) mass is 398 g/mol. The van der Waals surface area contributed by atoms with Crippen molar-refractivity contribution in [2.45, 2.75) is 45.1 Å². The Bertz CT molecular complexity index is 560. The number of hydrogen-bond acceptors (Lipinski definition) is 3. The van der Waals surface area contributed by atoms with E-state index in [4.69, 9.17) is 5.11 Å². The lowest BCUT2D eigenvalue weighted by Crippen LogP contribution is -2.33. The van der Waals surface area contributed by atoms with Crippen LogP contribution in [0.25, 0.3) is 0 Å². The number of amides is 2. The van der Waals surface area contributed by atoms with Crippen molar-refractivity contribution in [2.75, 3.05) is 6.54 Å². The maximum atomic E-state index is 12.1. The molecule has 1 aromatic rings. The molecule has 1 unspecified atom stereocenters. The highest BCUT2D eigenvalue weighted by Gasteiger charge is 2.16. The van der Waals surface area contributed by atoms with Crippen molar-refractivity contribution >= 4 is 33.7 Å². The predicted octanol–water partition coefficient (Wildman–Crippen LogP) is 2.78. The smallest absolute Gasteiger partial charge is 0.303 e. The minimum atomic E-state index is -0.799. The molecule has 0 bridgehead atoms. The molecule has 1 rings (SSSR count). The quantitative estimate of drug-likeness (QED) is 0.528. The number of aliphatic carboxylic acids is 1. The van der Waals surface area contributed by atoms with Crippen LogP contribution in [0.2, 0.25) is 0 Å². The summed E-state index contributed by atoms with van der Waals surface area (Å²) in [5.74, 6) is -1.13. The molecule has 0 spiro atoms. The number of rotatable bonds is 10. The fraction of sp³-hybridized carbons (Fsp3) is 0.471. The highest BCUT2D eigenvalue weighted by Crippen LogP contribution is 2.19. The van der Waals surface area contributed by atoms with E-state index in [-0.39, 0.29) is 30.7 Å². The van der Waals surface area contributed by atoms with Crippen molar-refractivity contribution < 1.29 is 19.5 Å². The number of halogens is 1. The molecule has 0 radical (unpaired) electrons. The van der Waals surface area contributed by atoms with Gasteiger partial charge in [0.05, 0.1) is 12.5 Å². The molecule has 6 nitrogen and oxygen atoms in total. The fourth-order valence-corrected chi connectivity index (χ4v) is 2.52. The number of carbonyl (C=O) groups is 3. The summed E-state index contributed by atoms with van der Waals surface area (Å²) in [6.45, 7) is 1.93. The Kier molecular flexibility index (Phi) is 9.07. The SMILES string of the molecule is CC(=O)NC(CC(=O)NCCCCCC(=O)O)c1ccc(Br)cc1. The summed E-state index contributed by atoms with van der Waals surface area (Å²) in [5, 5.41) is 14.1. The van der Waals surface area contributed by atoms with Gasteiger partial charge in [0.2, 0.25) is 11.8 Å². The zero-order chi connectivity index (χ0) is 17.9. The molecule has 3 N–H and O–H groups in total. The number of carboxylic acids is 1. The molecule has 132 valence electrons. The van der Waals surface area contributed by atoms with Crippen LogP contribution in [0.15, 0.2) is 28.7 Å². The Balaban J connectivity index is 2.42. The van der Waals surface area contributed by atoms with E-state index in [2.05, 4.69) is 26.6 Å². The number of benzene rings is 1. The van der Waals surface area contributed by atoms with E-state index in [1.807, 2.05) is 24.3 Å². The van der Waals surface area contributed by atoms with Crippen LogP contribution < -0.4 is 10.6 Å². The molecule has 0 aromatic heterocycles. The molecule has 7 heteroatoms. The Morgan fingerprint density at radius 2 is 1.79 bits per heavy atom. The molecule has 1 atom stereocenters. The summed E-state index contributed by atoms with van der Waals surface area (Å²) in [7, 11) is 0. The van der Waals surface area contributed by atoms with Crippen molar-refractivity contribution in [3.05, 3.63) is 34.3 Å². The average Bonchev–Trinajstić information content (AvgIpc) is 2.50. The number of carbonyl (C=O) groups excluding carboxylic acids is 2. The molecule has 2 amide bonds. The third kappa shape index (κ3) is 8.67. The van der Waals surface area contributed by atoms with Crippen molar-refractivity contribution in [2.24, 2.45) is 0 Å². The maximum absolute atomic E-state index is 12.1. The van der Waals surface area contributed by atoms with Gasteiger partial charge in [-0.3, -0.25) is 14.4 Å². The Morgan fingerprint density at radius 1 is 1.12 bits per heavy atom. The van der Waals surface area contributed by atoms with E-state index in [1.165, 1.54) is 6.92 Å². The molecule has 0 fully saturated rings. The molecule has 0 saturated carbocycles. The summed E-state index contributed by atoms with van der Waals surface area (Å²) in [6.07, 6.45) is 2.42. The van der Waals surface area contributed by atoms with E-state index in [0.717, 1.165) is 22.9 Å². The summed E-state index contributed by atoms with van der Waals surface area (Å²) in [6, 6.07) is 7.09. The van der Waals surface area contributed by atoms with E-state index in [9.17, 15) is 14.4 Å². The first-order chi connectivity index (χ1) is 11.4. The molecular weight excluding hydrogens is 376 g/mol. The third-order valence-corrected chi connectivity index (χ3v) is 3.96. The van der Waals surface area contributed by atoms with Gasteiger partial charge in [-0.05, 0) is 30.5 Å². The van der Waals surface area contributed by atoms with Gasteiger partial charge in [0.1, 0.15) is 0 Å². The van der Waals surface area contributed by atoms with E-state index >= 15 is 0 Å². The number of hydrogen-bond donors (Lipinski definition) is 3.